The van der Waals surface area contributed by atoms with Gasteiger partial charge in [-0.2, -0.15) is 0 Å². The molecule has 0 aliphatic carbocycles. The molecule has 20 heavy (non-hydrogen) atoms. The average Bonchev–Trinajstić information content (AvgIpc) is 2.33. The van der Waals surface area contributed by atoms with Gasteiger partial charge in [0.05, 0.1) is 18.5 Å². The summed E-state index contributed by atoms with van der Waals surface area (Å²) in [6.07, 6.45) is 1.15. The van der Waals surface area contributed by atoms with E-state index in [1.165, 1.54) is 4.31 Å². The Bertz CT molecular complexity index is 529. The summed E-state index contributed by atoms with van der Waals surface area (Å²) in [6.45, 7) is 4.13. The lowest BCUT2D eigenvalue weighted by Crippen LogP contribution is -2.43. The molecule has 7 heteroatoms. The van der Waals surface area contributed by atoms with Crippen molar-refractivity contribution in [3.05, 3.63) is 30.3 Å². The van der Waals surface area contributed by atoms with Gasteiger partial charge in [-0.1, -0.05) is 18.2 Å². The predicted octanol–water partition coefficient (Wildman–Crippen LogP) is 1.16. The third-order valence-corrected chi connectivity index (χ3v) is 3.66. The standard InChI is InChI=1S/C13H21N3O3S/c1-11(2)15-13(17)14-9-10-16(20(3,18)19)12-7-5-4-6-8-12/h4-8,11H,9-10H2,1-3H3,(H2,14,15,17). The fraction of sp³-hybridized carbons (Fsp3) is 0.462. The van der Waals surface area contributed by atoms with Crippen molar-refractivity contribution in [2.24, 2.45) is 0 Å². The number of amides is 2. The number of para-hydroxylation sites is 1. The van der Waals surface area contributed by atoms with Gasteiger partial charge in [0.15, 0.2) is 0 Å². The molecule has 0 aliphatic rings. The number of carbonyl (C=O) groups excluding carboxylic acids is 1. The number of sulfonamides is 1. The summed E-state index contributed by atoms with van der Waals surface area (Å²) in [5.74, 6) is 0. The van der Waals surface area contributed by atoms with Crippen molar-refractivity contribution in [3.8, 4) is 0 Å². The fourth-order valence-corrected chi connectivity index (χ4v) is 2.59. The molecule has 0 fully saturated rings. The Balaban J connectivity index is 2.63. The van der Waals surface area contributed by atoms with Crippen LogP contribution in [0.2, 0.25) is 0 Å². The Morgan fingerprint density at radius 3 is 2.35 bits per heavy atom. The lowest BCUT2D eigenvalue weighted by Gasteiger charge is -2.22. The smallest absolute Gasteiger partial charge is 0.315 e. The Labute approximate surface area is 120 Å². The summed E-state index contributed by atoms with van der Waals surface area (Å²) in [4.78, 5) is 11.4. The van der Waals surface area contributed by atoms with Gasteiger partial charge in [0.2, 0.25) is 10.0 Å². The Morgan fingerprint density at radius 1 is 1.25 bits per heavy atom. The fourth-order valence-electron chi connectivity index (χ4n) is 1.66. The number of hydrogen-bond acceptors (Lipinski definition) is 3. The van der Waals surface area contributed by atoms with E-state index < -0.39 is 10.0 Å². The molecular weight excluding hydrogens is 278 g/mol. The van der Waals surface area contributed by atoms with Gasteiger partial charge in [-0.25, -0.2) is 13.2 Å². The van der Waals surface area contributed by atoms with Gasteiger partial charge in [0.1, 0.15) is 0 Å². The van der Waals surface area contributed by atoms with E-state index in [1.807, 2.05) is 19.9 Å². The normalized spacial score (nSPS) is 11.2. The predicted molar refractivity (Wildman–Crippen MR) is 80.3 cm³/mol. The van der Waals surface area contributed by atoms with E-state index >= 15 is 0 Å². The molecule has 0 radical (unpaired) electrons. The van der Waals surface area contributed by atoms with Crippen LogP contribution in [0.4, 0.5) is 10.5 Å². The van der Waals surface area contributed by atoms with E-state index in [0.717, 1.165) is 6.26 Å². The van der Waals surface area contributed by atoms with Gasteiger partial charge in [-0.05, 0) is 26.0 Å². The van der Waals surface area contributed by atoms with Gasteiger partial charge >= 0.3 is 6.03 Å². The van der Waals surface area contributed by atoms with Gasteiger partial charge in [0.25, 0.3) is 0 Å². The number of nitrogens with one attached hydrogen (secondary N) is 2. The zero-order chi connectivity index (χ0) is 15.2. The number of carbonyl (C=O) groups is 1. The summed E-state index contributed by atoms with van der Waals surface area (Å²) in [5, 5.41) is 5.31. The number of rotatable bonds is 6. The van der Waals surface area contributed by atoms with Crippen molar-refractivity contribution < 1.29 is 13.2 Å². The number of hydrogen-bond donors (Lipinski definition) is 2. The van der Waals surface area contributed by atoms with Crippen LogP contribution in [0.15, 0.2) is 30.3 Å². The van der Waals surface area contributed by atoms with Gasteiger partial charge in [-0.15, -0.1) is 0 Å². The van der Waals surface area contributed by atoms with Gasteiger partial charge < -0.3 is 10.6 Å². The highest BCUT2D eigenvalue weighted by Gasteiger charge is 2.16. The second kappa shape index (κ2) is 7.14. The zero-order valence-electron chi connectivity index (χ0n) is 12.0. The molecule has 2 N–H and O–H groups in total. The third-order valence-electron chi connectivity index (χ3n) is 2.46. The molecule has 0 unspecified atom stereocenters. The minimum atomic E-state index is -3.38. The molecule has 0 saturated heterocycles. The molecule has 2 amide bonds. The summed E-state index contributed by atoms with van der Waals surface area (Å²) >= 11 is 0. The highest BCUT2D eigenvalue weighted by Crippen LogP contribution is 2.15. The lowest BCUT2D eigenvalue weighted by atomic mass is 10.3. The van der Waals surface area contributed by atoms with Gasteiger partial charge in [-0.3, -0.25) is 4.31 Å². The molecule has 0 saturated carbocycles. The Kier molecular flexibility index (Phi) is 5.82. The molecule has 112 valence electrons. The first-order chi connectivity index (χ1) is 9.30. The monoisotopic (exact) mass is 299 g/mol. The third kappa shape index (κ3) is 5.48. The summed E-state index contributed by atoms with van der Waals surface area (Å²) in [5.41, 5.74) is 0.584. The van der Waals surface area contributed by atoms with Crippen LogP contribution < -0.4 is 14.9 Å². The second-order valence-electron chi connectivity index (χ2n) is 4.73. The molecule has 1 aromatic carbocycles. The maximum Gasteiger partial charge on any atom is 0.315 e. The van der Waals surface area contributed by atoms with Crippen molar-refractivity contribution in [2.75, 3.05) is 23.7 Å². The van der Waals surface area contributed by atoms with Crippen LogP contribution >= 0.6 is 0 Å². The van der Waals surface area contributed by atoms with Crippen molar-refractivity contribution >= 4 is 21.7 Å². The highest BCUT2D eigenvalue weighted by molar-refractivity contribution is 7.92. The maximum absolute atomic E-state index is 11.8. The number of benzene rings is 1. The molecule has 0 aromatic heterocycles. The first kappa shape index (κ1) is 16.3. The van der Waals surface area contributed by atoms with Crippen LogP contribution in [-0.4, -0.2) is 39.8 Å². The van der Waals surface area contributed by atoms with E-state index in [9.17, 15) is 13.2 Å². The van der Waals surface area contributed by atoms with E-state index in [-0.39, 0.29) is 25.2 Å². The number of urea groups is 1. The summed E-state index contributed by atoms with van der Waals surface area (Å²) in [7, 11) is -3.38. The van der Waals surface area contributed by atoms with E-state index in [0.29, 0.717) is 5.69 Å². The molecular formula is C13H21N3O3S. The molecule has 0 heterocycles. The Hall–Kier alpha value is -1.76. The minimum Gasteiger partial charge on any atom is -0.336 e. The van der Waals surface area contributed by atoms with Crippen LogP contribution in [0.3, 0.4) is 0 Å². The van der Waals surface area contributed by atoms with Gasteiger partial charge in [0, 0.05) is 12.6 Å². The maximum atomic E-state index is 11.8. The van der Waals surface area contributed by atoms with E-state index in [4.69, 9.17) is 0 Å². The van der Waals surface area contributed by atoms with E-state index in [2.05, 4.69) is 10.6 Å². The zero-order valence-corrected chi connectivity index (χ0v) is 12.8. The van der Waals surface area contributed by atoms with Crippen LogP contribution in [0.25, 0.3) is 0 Å². The lowest BCUT2D eigenvalue weighted by molar-refractivity contribution is 0.239. The quantitative estimate of drug-likeness (QED) is 0.827. The highest BCUT2D eigenvalue weighted by atomic mass is 32.2. The number of anilines is 1. The van der Waals surface area contributed by atoms with Crippen LogP contribution in [0, 0.1) is 0 Å². The Morgan fingerprint density at radius 2 is 1.85 bits per heavy atom. The first-order valence-corrected chi connectivity index (χ1v) is 8.22. The molecule has 1 rings (SSSR count). The molecule has 0 spiro atoms. The molecule has 0 atom stereocenters. The number of nitrogens with zero attached hydrogens (tertiary/aromatic N) is 1. The van der Waals surface area contributed by atoms with Crippen molar-refractivity contribution in [1.82, 2.24) is 10.6 Å². The topological polar surface area (TPSA) is 78.5 Å². The largest absolute Gasteiger partial charge is 0.336 e. The summed E-state index contributed by atoms with van der Waals surface area (Å²) < 4.78 is 24.8. The average molecular weight is 299 g/mol. The van der Waals surface area contributed by atoms with E-state index in [1.54, 1.807) is 24.3 Å². The van der Waals surface area contributed by atoms with Crippen LogP contribution in [0.1, 0.15) is 13.8 Å². The first-order valence-electron chi connectivity index (χ1n) is 6.38. The van der Waals surface area contributed by atoms with Crippen LogP contribution in [-0.2, 0) is 10.0 Å². The second-order valence-corrected chi connectivity index (χ2v) is 6.63. The molecule has 6 nitrogen and oxygen atoms in total. The molecule has 0 bridgehead atoms. The molecule has 1 aromatic rings. The van der Waals surface area contributed by atoms with Crippen LogP contribution in [0.5, 0.6) is 0 Å². The van der Waals surface area contributed by atoms with Crippen molar-refractivity contribution in [2.45, 2.75) is 19.9 Å². The minimum absolute atomic E-state index is 0.0372. The molecule has 0 aliphatic heterocycles. The SMILES string of the molecule is CC(C)NC(=O)NCCN(c1ccccc1)S(C)(=O)=O. The van der Waals surface area contributed by atoms with Crippen molar-refractivity contribution in [1.29, 1.82) is 0 Å². The van der Waals surface area contributed by atoms with Crippen molar-refractivity contribution in [3.63, 3.8) is 0 Å². The summed E-state index contributed by atoms with van der Waals surface area (Å²) in [6, 6.07) is 8.53.